The fraction of sp³-hybridized carbons (Fsp3) is 1.00. The first-order valence-electron chi connectivity index (χ1n) is 5.10. The third-order valence-corrected chi connectivity index (χ3v) is 3.66. The molecule has 0 amide bonds. The Balaban J connectivity index is 1.87. The molecule has 2 bridgehead atoms. The predicted octanol–water partition coefficient (Wildman–Crippen LogP) is 0.907. The number of hydrogen-bond donors (Lipinski definition) is 1. The van der Waals surface area contributed by atoms with Crippen molar-refractivity contribution in [3.05, 3.63) is 0 Å². The third-order valence-electron chi connectivity index (χ3n) is 3.66. The number of hydrogen-bond acceptors (Lipinski definition) is 3. The van der Waals surface area contributed by atoms with Gasteiger partial charge in [-0.15, -0.1) is 0 Å². The summed E-state index contributed by atoms with van der Waals surface area (Å²) in [5, 5.41) is 9.70. The van der Waals surface area contributed by atoms with Crippen LogP contribution >= 0.6 is 0 Å². The first kappa shape index (κ1) is 8.21. The Bertz CT molecular complexity index is 238. The average molecular weight is 184 g/mol. The standard InChI is InChI=1S/C10H16O3/c1-10(2)12-8-5-3-6(7(11)4-5)9(8)13-10/h5-9,11H,3-4H2,1-2H3/t5-,6+,7-,8-,9+/m0/s1. The molecule has 5 atom stereocenters. The molecule has 3 fully saturated rings. The van der Waals surface area contributed by atoms with Gasteiger partial charge in [0.2, 0.25) is 0 Å². The van der Waals surface area contributed by atoms with E-state index in [4.69, 9.17) is 9.47 Å². The summed E-state index contributed by atoms with van der Waals surface area (Å²) in [5.74, 6) is 0.430. The Kier molecular flexibility index (Phi) is 1.43. The quantitative estimate of drug-likeness (QED) is 0.608. The molecule has 74 valence electrons. The summed E-state index contributed by atoms with van der Waals surface area (Å²) in [6, 6.07) is 0. The number of fused-ring (bicyclic) bond motifs is 5. The van der Waals surface area contributed by atoms with Gasteiger partial charge in [-0.1, -0.05) is 0 Å². The maximum absolute atomic E-state index is 9.70. The van der Waals surface area contributed by atoms with Crippen molar-refractivity contribution in [1.82, 2.24) is 0 Å². The lowest BCUT2D eigenvalue weighted by atomic mass is 9.93. The molecule has 3 rings (SSSR count). The van der Waals surface area contributed by atoms with Crippen molar-refractivity contribution in [2.75, 3.05) is 0 Å². The normalized spacial score (nSPS) is 57.0. The summed E-state index contributed by atoms with van der Waals surface area (Å²) < 4.78 is 11.6. The Morgan fingerprint density at radius 2 is 1.85 bits per heavy atom. The molecule has 2 aliphatic carbocycles. The monoisotopic (exact) mass is 184 g/mol. The van der Waals surface area contributed by atoms with E-state index in [1.54, 1.807) is 0 Å². The van der Waals surface area contributed by atoms with Crippen LogP contribution in [0, 0.1) is 11.8 Å². The summed E-state index contributed by atoms with van der Waals surface area (Å²) in [6.07, 6.45) is 2.26. The van der Waals surface area contributed by atoms with Crippen LogP contribution in [0.15, 0.2) is 0 Å². The number of aliphatic hydroxyl groups is 1. The van der Waals surface area contributed by atoms with Crippen LogP contribution in [0.4, 0.5) is 0 Å². The molecule has 0 unspecified atom stereocenters. The summed E-state index contributed by atoms with van der Waals surface area (Å²) in [6.45, 7) is 3.91. The van der Waals surface area contributed by atoms with Crippen molar-refractivity contribution in [2.45, 2.75) is 50.8 Å². The highest BCUT2D eigenvalue weighted by molar-refractivity contribution is 5.06. The SMILES string of the molecule is CC1(C)O[C@@H]2[C@@H]3C[C@@H](C[C@@H]3O)[C@@H]2O1. The molecular formula is C10H16O3. The summed E-state index contributed by atoms with van der Waals surface area (Å²) in [5.41, 5.74) is 0. The minimum Gasteiger partial charge on any atom is -0.393 e. The van der Waals surface area contributed by atoms with Crippen molar-refractivity contribution in [3.8, 4) is 0 Å². The Morgan fingerprint density at radius 1 is 1.15 bits per heavy atom. The van der Waals surface area contributed by atoms with E-state index in [0.717, 1.165) is 12.8 Å². The zero-order valence-electron chi connectivity index (χ0n) is 8.06. The second kappa shape index (κ2) is 2.27. The molecule has 1 heterocycles. The van der Waals surface area contributed by atoms with Gasteiger partial charge in [-0.05, 0) is 32.6 Å². The molecule has 0 aromatic rings. The van der Waals surface area contributed by atoms with Crippen LogP contribution in [0.5, 0.6) is 0 Å². The smallest absolute Gasteiger partial charge is 0.163 e. The van der Waals surface area contributed by atoms with Gasteiger partial charge in [0.05, 0.1) is 18.3 Å². The molecule has 3 aliphatic rings. The molecule has 13 heavy (non-hydrogen) atoms. The molecule has 0 aromatic carbocycles. The first-order valence-corrected chi connectivity index (χ1v) is 5.10. The van der Waals surface area contributed by atoms with Crippen LogP contribution in [0.25, 0.3) is 0 Å². The van der Waals surface area contributed by atoms with Crippen molar-refractivity contribution in [3.63, 3.8) is 0 Å². The number of rotatable bonds is 0. The van der Waals surface area contributed by atoms with Gasteiger partial charge in [0.15, 0.2) is 5.79 Å². The largest absolute Gasteiger partial charge is 0.393 e. The zero-order chi connectivity index (χ0) is 9.22. The van der Waals surface area contributed by atoms with Crippen molar-refractivity contribution < 1.29 is 14.6 Å². The summed E-state index contributed by atoms with van der Waals surface area (Å²) in [7, 11) is 0. The topological polar surface area (TPSA) is 38.7 Å². The van der Waals surface area contributed by atoms with Gasteiger partial charge in [0.25, 0.3) is 0 Å². The van der Waals surface area contributed by atoms with Gasteiger partial charge in [-0.25, -0.2) is 0 Å². The molecule has 3 heteroatoms. The second-order valence-electron chi connectivity index (χ2n) is 5.03. The van der Waals surface area contributed by atoms with Crippen molar-refractivity contribution in [2.24, 2.45) is 11.8 Å². The average Bonchev–Trinajstić information content (AvgIpc) is 2.56. The zero-order valence-corrected chi connectivity index (χ0v) is 8.06. The van der Waals surface area contributed by atoms with Gasteiger partial charge < -0.3 is 14.6 Å². The highest BCUT2D eigenvalue weighted by Gasteiger charge is 2.59. The second-order valence-corrected chi connectivity index (χ2v) is 5.03. The van der Waals surface area contributed by atoms with E-state index in [-0.39, 0.29) is 18.3 Å². The van der Waals surface area contributed by atoms with Gasteiger partial charge in [-0.2, -0.15) is 0 Å². The number of ether oxygens (including phenoxy) is 2. The number of aliphatic hydroxyl groups excluding tert-OH is 1. The first-order chi connectivity index (χ1) is 6.07. The minimum atomic E-state index is -0.434. The van der Waals surface area contributed by atoms with Gasteiger partial charge in [0.1, 0.15) is 0 Å². The summed E-state index contributed by atoms with van der Waals surface area (Å²) in [4.78, 5) is 0. The lowest BCUT2D eigenvalue weighted by molar-refractivity contribution is -0.158. The Morgan fingerprint density at radius 3 is 2.62 bits per heavy atom. The Labute approximate surface area is 78.0 Å². The van der Waals surface area contributed by atoms with E-state index in [0.29, 0.717) is 11.8 Å². The molecule has 1 N–H and O–H groups in total. The fourth-order valence-electron chi connectivity index (χ4n) is 3.22. The lowest BCUT2D eigenvalue weighted by Gasteiger charge is -2.25. The van der Waals surface area contributed by atoms with E-state index >= 15 is 0 Å². The van der Waals surface area contributed by atoms with E-state index in [1.165, 1.54) is 0 Å². The lowest BCUT2D eigenvalue weighted by Crippen LogP contribution is -2.36. The molecule has 0 spiro atoms. The van der Waals surface area contributed by atoms with Crippen LogP contribution in [-0.4, -0.2) is 29.2 Å². The van der Waals surface area contributed by atoms with Gasteiger partial charge >= 0.3 is 0 Å². The highest BCUT2D eigenvalue weighted by Crippen LogP contribution is 2.52. The fourth-order valence-corrected chi connectivity index (χ4v) is 3.22. The summed E-state index contributed by atoms with van der Waals surface area (Å²) >= 11 is 0. The molecule has 2 saturated carbocycles. The van der Waals surface area contributed by atoms with Crippen LogP contribution in [0.3, 0.4) is 0 Å². The molecular weight excluding hydrogens is 168 g/mol. The van der Waals surface area contributed by atoms with Gasteiger partial charge in [-0.3, -0.25) is 0 Å². The van der Waals surface area contributed by atoms with Crippen LogP contribution in [0.2, 0.25) is 0 Å². The molecule has 0 radical (unpaired) electrons. The van der Waals surface area contributed by atoms with Crippen molar-refractivity contribution >= 4 is 0 Å². The van der Waals surface area contributed by atoms with Crippen molar-refractivity contribution in [1.29, 1.82) is 0 Å². The highest BCUT2D eigenvalue weighted by atomic mass is 16.8. The van der Waals surface area contributed by atoms with Gasteiger partial charge in [0, 0.05) is 5.92 Å². The molecule has 1 aliphatic heterocycles. The predicted molar refractivity (Wildman–Crippen MR) is 46.0 cm³/mol. The maximum Gasteiger partial charge on any atom is 0.163 e. The Hall–Kier alpha value is -0.120. The molecule has 0 aromatic heterocycles. The molecule has 1 saturated heterocycles. The van der Waals surface area contributed by atoms with E-state index < -0.39 is 5.79 Å². The molecule has 3 nitrogen and oxygen atoms in total. The van der Waals surface area contributed by atoms with Crippen LogP contribution in [0.1, 0.15) is 26.7 Å². The maximum atomic E-state index is 9.70. The van der Waals surface area contributed by atoms with E-state index in [9.17, 15) is 5.11 Å². The third kappa shape index (κ3) is 1.01. The van der Waals surface area contributed by atoms with E-state index in [1.807, 2.05) is 13.8 Å². The van der Waals surface area contributed by atoms with Crippen LogP contribution < -0.4 is 0 Å². The minimum absolute atomic E-state index is 0.149. The van der Waals surface area contributed by atoms with Crippen LogP contribution in [-0.2, 0) is 9.47 Å². The van der Waals surface area contributed by atoms with E-state index in [2.05, 4.69) is 0 Å².